The molecule has 1 aliphatic rings. The Bertz CT molecular complexity index is 186. The van der Waals surface area contributed by atoms with Crippen molar-refractivity contribution in [2.45, 2.75) is 103 Å². The summed E-state index contributed by atoms with van der Waals surface area (Å²) in [7, 11) is 0. The largest absolute Gasteiger partial charge is 0.372 e. The SMILES string of the molecule is CCCCCCCCCC1CCCC(C)(C)O1. The van der Waals surface area contributed by atoms with Gasteiger partial charge in [0.2, 0.25) is 0 Å². The second-order valence-electron chi connectivity index (χ2n) is 6.30. The molecule has 0 aromatic heterocycles. The Morgan fingerprint density at radius 3 is 2.29 bits per heavy atom. The first kappa shape index (κ1) is 15.0. The predicted octanol–water partition coefficient (Wildman–Crippen LogP) is 5.47. The minimum Gasteiger partial charge on any atom is -0.372 e. The van der Waals surface area contributed by atoms with Gasteiger partial charge in [0.05, 0.1) is 11.7 Å². The average Bonchev–Trinajstić information content (AvgIpc) is 2.27. The van der Waals surface area contributed by atoms with Crippen LogP contribution < -0.4 is 0 Å². The lowest BCUT2D eigenvalue weighted by molar-refractivity contribution is -0.109. The number of hydrogen-bond acceptors (Lipinski definition) is 1. The molecule has 1 aliphatic heterocycles. The van der Waals surface area contributed by atoms with Crippen LogP contribution >= 0.6 is 0 Å². The van der Waals surface area contributed by atoms with Gasteiger partial charge in [0.1, 0.15) is 0 Å². The normalized spacial score (nSPS) is 23.8. The summed E-state index contributed by atoms with van der Waals surface area (Å²) in [4.78, 5) is 0. The van der Waals surface area contributed by atoms with Crippen LogP contribution in [0.5, 0.6) is 0 Å². The van der Waals surface area contributed by atoms with Crippen molar-refractivity contribution in [3.63, 3.8) is 0 Å². The van der Waals surface area contributed by atoms with Gasteiger partial charge in [-0.25, -0.2) is 0 Å². The molecule has 0 aromatic rings. The molecule has 0 amide bonds. The van der Waals surface area contributed by atoms with Crippen LogP contribution in [0.3, 0.4) is 0 Å². The summed E-state index contributed by atoms with van der Waals surface area (Å²) in [6.07, 6.45) is 15.6. The van der Waals surface area contributed by atoms with Gasteiger partial charge in [-0.2, -0.15) is 0 Å². The zero-order chi connectivity index (χ0) is 12.6. The minimum absolute atomic E-state index is 0.143. The molecule has 1 rings (SSSR count). The molecule has 1 nitrogen and oxygen atoms in total. The van der Waals surface area contributed by atoms with Crippen molar-refractivity contribution in [1.82, 2.24) is 0 Å². The van der Waals surface area contributed by atoms with E-state index in [2.05, 4.69) is 20.8 Å². The molecule has 0 aliphatic carbocycles. The summed E-state index contributed by atoms with van der Waals surface area (Å²) in [5, 5.41) is 0. The van der Waals surface area contributed by atoms with E-state index in [9.17, 15) is 0 Å². The van der Waals surface area contributed by atoms with Gasteiger partial charge in [0.15, 0.2) is 0 Å². The second-order valence-corrected chi connectivity index (χ2v) is 6.30. The maximum atomic E-state index is 6.12. The van der Waals surface area contributed by atoms with Crippen molar-refractivity contribution < 1.29 is 4.74 Å². The van der Waals surface area contributed by atoms with Crippen LogP contribution in [-0.4, -0.2) is 11.7 Å². The van der Waals surface area contributed by atoms with Crippen LogP contribution in [0.4, 0.5) is 0 Å². The lowest BCUT2D eigenvalue weighted by atomic mass is 9.93. The molecule has 0 aromatic carbocycles. The predicted molar refractivity (Wildman–Crippen MR) is 75.4 cm³/mol. The maximum absolute atomic E-state index is 6.12. The zero-order valence-corrected chi connectivity index (χ0v) is 12.3. The van der Waals surface area contributed by atoms with Gasteiger partial charge in [-0.3, -0.25) is 0 Å². The number of ether oxygens (including phenoxy) is 1. The van der Waals surface area contributed by atoms with Crippen LogP contribution in [0.25, 0.3) is 0 Å². The molecule has 1 saturated heterocycles. The fourth-order valence-corrected chi connectivity index (χ4v) is 2.86. The fraction of sp³-hybridized carbons (Fsp3) is 1.00. The van der Waals surface area contributed by atoms with E-state index < -0.39 is 0 Å². The third kappa shape index (κ3) is 7.08. The number of unbranched alkanes of at least 4 members (excludes halogenated alkanes) is 6. The van der Waals surface area contributed by atoms with Gasteiger partial charge >= 0.3 is 0 Å². The Balaban J connectivity index is 1.95. The summed E-state index contributed by atoms with van der Waals surface area (Å²) < 4.78 is 6.12. The van der Waals surface area contributed by atoms with Gasteiger partial charge < -0.3 is 4.74 Å². The first-order valence-electron chi connectivity index (χ1n) is 7.82. The lowest BCUT2D eigenvalue weighted by Gasteiger charge is -2.36. The summed E-state index contributed by atoms with van der Waals surface area (Å²) >= 11 is 0. The highest BCUT2D eigenvalue weighted by atomic mass is 16.5. The third-order valence-electron chi connectivity index (χ3n) is 3.92. The molecule has 0 N–H and O–H groups in total. The van der Waals surface area contributed by atoms with Gasteiger partial charge in [0, 0.05) is 0 Å². The smallest absolute Gasteiger partial charge is 0.0630 e. The first-order valence-corrected chi connectivity index (χ1v) is 7.82. The summed E-state index contributed by atoms with van der Waals surface area (Å²) in [6.45, 7) is 6.76. The Kier molecular flexibility index (Phi) is 7.18. The molecule has 1 unspecified atom stereocenters. The second kappa shape index (κ2) is 8.13. The highest BCUT2D eigenvalue weighted by molar-refractivity contribution is 4.77. The van der Waals surface area contributed by atoms with E-state index in [0.29, 0.717) is 6.10 Å². The summed E-state index contributed by atoms with van der Waals surface area (Å²) in [5.41, 5.74) is 0.143. The van der Waals surface area contributed by atoms with Crippen molar-refractivity contribution in [2.75, 3.05) is 0 Å². The molecule has 1 heterocycles. The molecule has 1 fully saturated rings. The Hall–Kier alpha value is -0.0400. The van der Waals surface area contributed by atoms with Crippen molar-refractivity contribution in [2.24, 2.45) is 0 Å². The van der Waals surface area contributed by atoms with Crippen molar-refractivity contribution >= 4 is 0 Å². The van der Waals surface area contributed by atoms with Crippen LogP contribution in [-0.2, 0) is 4.74 Å². The van der Waals surface area contributed by atoms with Crippen molar-refractivity contribution in [3.05, 3.63) is 0 Å². The third-order valence-corrected chi connectivity index (χ3v) is 3.92. The molecule has 1 heteroatoms. The highest BCUT2D eigenvalue weighted by Gasteiger charge is 2.27. The molecule has 102 valence electrons. The van der Waals surface area contributed by atoms with Crippen LogP contribution in [0.2, 0.25) is 0 Å². The molecule has 1 atom stereocenters. The topological polar surface area (TPSA) is 9.23 Å². The fourth-order valence-electron chi connectivity index (χ4n) is 2.86. The van der Waals surface area contributed by atoms with E-state index in [1.165, 1.54) is 70.6 Å². The van der Waals surface area contributed by atoms with E-state index in [1.807, 2.05) is 0 Å². The Morgan fingerprint density at radius 2 is 1.65 bits per heavy atom. The lowest BCUT2D eigenvalue weighted by Crippen LogP contribution is -2.35. The summed E-state index contributed by atoms with van der Waals surface area (Å²) in [5.74, 6) is 0. The first-order chi connectivity index (χ1) is 8.14. The quantitative estimate of drug-likeness (QED) is 0.511. The Morgan fingerprint density at radius 1 is 1.00 bits per heavy atom. The van der Waals surface area contributed by atoms with Crippen LogP contribution in [0, 0.1) is 0 Å². The molecule has 0 spiro atoms. The highest BCUT2D eigenvalue weighted by Crippen LogP contribution is 2.30. The molecule has 17 heavy (non-hydrogen) atoms. The molecular formula is C16H32O. The van der Waals surface area contributed by atoms with E-state index >= 15 is 0 Å². The average molecular weight is 240 g/mol. The number of rotatable bonds is 8. The van der Waals surface area contributed by atoms with Gasteiger partial charge in [-0.1, -0.05) is 51.9 Å². The van der Waals surface area contributed by atoms with Crippen LogP contribution in [0.1, 0.15) is 91.4 Å². The summed E-state index contributed by atoms with van der Waals surface area (Å²) in [6, 6.07) is 0. The Labute approximate surface area is 108 Å². The standard InChI is InChI=1S/C16H32O/c1-4-5-6-7-8-9-10-12-15-13-11-14-16(2,3)17-15/h15H,4-14H2,1-3H3. The zero-order valence-electron chi connectivity index (χ0n) is 12.3. The van der Waals surface area contributed by atoms with Crippen molar-refractivity contribution in [1.29, 1.82) is 0 Å². The van der Waals surface area contributed by atoms with Crippen molar-refractivity contribution in [3.8, 4) is 0 Å². The molecule has 0 saturated carbocycles. The van der Waals surface area contributed by atoms with E-state index in [0.717, 1.165) is 0 Å². The van der Waals surface area contributed by atoms with E-state index in [-0.39, 0.29) is 5.60 Å². The van der Waals surface area contributed by atoms with Gasteiger partial charge in [-0.05, 0) is 39.5 Å². The minimum atomic E-state index is 0.143. The monoisotopic (exact) mass is 240 g/mol. The van der Waals surface area contributed by atoms with Crippen LogP contribution in [0.15, 0.2) is 0 Å². The molecule has 0 radical (unpaired) electrons. The van der Waals surface area contributed by atoms with Gasteiger partial charge in [0.25, 0.3) is 0 Å². The molecule has 0 bridgehead atoms. The van der Waals surface area contributed by atoms with E-state index in [1.54, 1.807) is 0 Å². The van der Waals surface area contributed by atoms with E-state index in [4.69, 9.17) is 4.74 Å². The number of hydrogen-bond donors (Lipinski definition) is 0. The molecular weight excluding hydrogens is 208 g/mol. The maximum Gasteiger partial charge on any atom is 0.0630 e. The van der Waals surface area contributed by atoms with Gasteiger partial charge in [-0.15, -0.1) is 0 Å².